The number of nitrogens with one attached hydrogen (secondary N) is 1. The van der Waals surface area contributed by atoms with Crippen LogP contribution in [0.25, 0.3) is 17.2 Å². The summed E-state index contributed by atoms with van der Waals surface area (Å²) in [6.07, 6.45) is 0.0136. The van der Waals surface area contributed by atoms with Gasteiger partial charge in [0.2, 0.25) is 17.6 Å². The fourth-order valence-electron chi connectivity index (χ4n) is 3.12. The van der Waals surface area contributed by atoms with Crippen molar-refractivity contribution in [3.63, 3.8) is 0 Å². The Bertz CT molecular complexity index is 1410. The Kier molecular flexibility index (Phi) is 6.20. The van der Waals surface area contributed by atoms with E-state index in [1.807, 2.05) is 0 Å². The number of aromatic nitrogens is 5. The van der Waals surface area contributed by atoms with Crippen LogP contribution in [0.5, 0.6) is 0 Å². The van der Waals surface area contributed by atoms with Gasteiger partial charge in [0.05, 0.1) is 11.4 Å². The highest BCUT2D eigenvalue weighted by Gasteiger charge is 2.20. The number of anilines is 1. The zero-order valence-electron chi connectivity index (χ0n) is 17.6. The Morgan fingerprint density at radius 2 is 1.82 bits per heavy atom. The molecule has 0 aliphatic heterocycles. The van der Waals surface area contributed by atoms with E-state index in [9.17, 15) is 18.8 Å². The predicted octanol–water partition coefficient (Wildman–Crippen LogP) is 2.17. The molecule has 1 amide bonds. The number of amides is 1. The SMILES string of the molecule is CCn1c(=O)c(-c2noc(CCC(=O)Nc3ccccc3F)n2)nn(-c2ccccc2)c1=O. The fourth-order valence-corrected chi connectivity index (χ4v) is 3.12. The Morgan fingerprint density at radius 1 is 1.09 bits per heavy atom. The molecule has 0 aliphatic rings. The largest absolute Gasteiger partial charge is 0.352 e. The molecule has 0 bridgehead atoms. The van der Waals surface area contributed by atoms with E-state index in [2.05, 4.69) is 20.6 Å². The maximum Gasteiger partial charge on any atom is 0.352 e. The molecule has 0 fully saturated rings. The van der Waals surface area contributed by atoms with Gasteiger partial charge in [0, 0.05) is 19.4 Å². The van der Waals surface area contributed by atoms with Gasteiger partial charge in [-0.2, -0.15) is 14.8 Å². The van der Waals surface area contributed by atoms with E-state index >= 15 is 0 Å². The molecule has 0 atom stereocenters. The van der Waals surface area contributed by atoms with Gasteiger partial charge in [-0.15, -0.1) is 0 Å². The molecule has 168 valence electrons. The molecule has 0 aliphatic carbocycles. The van der Waals surface area contributed by atoms with Crippen molar-refractivity contribution in [3.8, 4) is 17.2 Å². The maximum absolute atomic E-state index is 13.7. The van der Waals surface area contributed by atoms with Gasteiger partial charge in [-0.05, 0) is 31.2 Å². The lowest BCUT2D eigenvalue weighted by Crippen LogP contribution is -2.41. The molecule has 11 heteroatoms. The lowest BCUT2D eigenvalue weighted by molar-refractivity contribution is -0.116. The van der Waals surface area contributed by atoms with Crippen LogP contribution in [0.3, 0.4) is 0 Å². The summed E-state index contributed by atoms with van der Waals surface area (Å²) >= 11 is 0. The zero-order chi connectivity index (χ0) is 23.4. The third-order valence-corrected chi connectivity index (χ3v) is 4.77. The average Bonchev–Trinajstić information content (AvgIpc) is 3.29. The molecule has 2 heterocycles. The predicted molar refractivity (Wildman–Crippen MR) is 116 cm³/mol. The Labute approximate surface area is 186 Å². The molecule has 2 aromatic heterocycles. The molecule has 4 aromatic rings. The van der Waals surface area contributed by atoms with Crippen molar-refractivity contribution in [3.05, 3.63) is 87.1 Å². The zero-order valence-corrected chi connectivity index (χ0v) is 17.6. The van der Waals surface area contributed by atoms with E-state index in [1.54, 1.807) is 43.3 Å². The van der Waals surface area contributed by atoms with E-state index in [0.29, 0.717) is 5.69 Å². The third kappa shape index (κ3) is 4.61. The first-order valence-corrected chi connectivity index (χ1v) is 10.1. The molecular weight excluding hydrogens is 431 g/mol. The number of halogens is 1. The summed E-state index contributed by atoms with van der Waals surface area (Å²) in [4.78, 5) is 41.7. The monoisotopic (exact) mass is 450 g/mol. The van der Waals surface area contributed by atoms with Crippen LogP contribution in [0.15, 0.2) is 68.7 Å². The molecule has 10 nitrogen and oxygen atoms in total. The number of rotatable bonds is 7. The minimum Gasteiger partial charge on any atom is -0.339 e. The smallest absolute Gasteiger partial charge is 0.339 e. The first-order valence-electron chi connectivity index (χ1n) is 10.1. The fraction of sp³-hybridized carbons (Fsp3) is 0.182. The highest BCUT2D eigenvalue weighted by Crippen LogP contribution is 2.14. The standard InChI is InChI=1S/C22H19FN6O4/c1-2-28-21(31)19(26-29(22(28)32)14-8-4-3-5-9-14)20-25-18(33-27-20)13-12-17(30)24-16-11-7-6-10-15(16)23/h3-11H,2,12-13H2,1H3,(H,24,30). The lowest BCUT2D eigenvalue weighted by Gasteiger charge is -2.09. The normalized spacial score (nSPS) is 10.8. The molecule has 0 saturated carbocycles. The Morgan fingerprint density at radius 3 is 2.55 bits per heavy atom. The molecule has 0 spiro atoms. The summed E-state index contributed by atoms with van der Waals surface area (Å²) in [5.74, 6) is -0.992. The van der Waals surface area contributed by atoms with Crippen molar-refractivity contribution in [1.29, 1.82) is 0 Å². The molecule has 0 unspecified atom stereocenters. The van der Waals surface area contributed by atoms with Gasteiger partial charge in [-0.1, -0.05) is 35.5 Å². The second kappa shape index (κ2) is 9.39. The van der Waals surface area contributed by atoms with E-state index in [0.717, 1.165) is 9.25 Å². The van der Waals surface area contributed by atoms with Crippen molar-refractivity contribution in [2.45, 2.75) is 26.3 Å². The molecule has 4 rings (SSSR count). The second-order valence-electron chi connectivity index (χ2n) is 6.97. The van der Waals surface area contributed by atoms with Crippen LogP contribution < -0.4 is 16.6 Å². The van der Waals surface area contributed by atoms with Crippen molar-refractivity contribution in [1.82, 2.24) is 24.5 Å². The number of aryl methyl sites for hydroxylation is 1. The topological polar surface area (TPSA) is 125 Å². The summed E-state index contributed by atoms with van der Waals surface area (Å²) in [6.45, 7) is 1.79. The third-order valence-electron chi connectivity index (χ3n) is 4.77. The van der Waals surface area contributed by atoms with E-state index < -0.39 is 23.0 Å². The number of carbonyl (C=O) groups is 1. The molecule has 1 N–H and O–H groups in total. The van der Waals surface area contributed by atoms with Crippen LogP contribution in [0, 0.1) is 5.82 Å². The first kappa shape index (κ1) is 21.8. The highest BCUT2D eigenvalue weighted by molar-refractivity contribution is 5.90. The first-order chi connectivity index (χ1) is 16.0. The molecule has 0 radical (unpaired) electrons. The minimum absolute atomic E-state index is 0.0495. The summed E-state index contributed by atoms with van der Waals surface area (Å²) in [5, 5.41) is 10.4. The summed E-state index contributed by atoms with van der Waals surface area (Å²) in [6, 6.07) is 14.4. The van der Waals surface area contributed by atoms with Crippen molar-refractivity contribution in [2.75, 3.05) is 5.32 Å². The minimum atomic E-state index is -0.653. The second-order valence-corrected chi connectivity index (χ2v) is 6.97. The summed E-state index contributed by atoms with van der Waals surface area (Å²) < 4.78 is 20.9. The maximum atomic E-state index is 13.7. The summed E-state index contributed by atoms with van der Waals surface area (Å²) in [7, 11) is 0. The van der Waals surface area contributed by atoms with E-state index in [-0.39, 0.29) is 42.5 Å². The van der Waals surface area contributed by atoms with Crippen LogP contribution in [-0.2, 0) is 17.8 Å². The van der Waals surface area contributed by atoms with Crippen molar-refractivity contribution < 1.29 is 13.7 Å². The molecular formula is C22H19FN6O4. The van der Waals surface area contributed by atoms with Crippen LogP contribution >= 0.6 is 0 Å². The van der Waals surface area contributed by atoms with Gasteiger partial charge in [0.15, 0.2) is 5.69 Å². The van der Waals surface area contributed by atoms with Crippen LogP contribution in [0.2, 0.25) is 0 Å². The van der Waals surface area contributed by atoms with Gasteiger partial charge in [-0.25, -0.2) is 9.18 Å². The number of benzene rings is 2. The van der Waals surface area contributed by atoms with Gasteiger partial charge in [-0.3, -0.25) is 14.2 Å². The van der Waals surface area contributed by atoms with Crippen LogP contribution in [0.4, 0.5) is 10.1 Å². The van der Waals surface area contributed by atoms with Gasteiger partial charge in [0.1, 0.15) is 5.82 Å². The van der Waals surface area contributed by atoms with Gasteiger partial charge in [0.25, 0.3) is 5.56 Å². The van der Waals surface area contributed by atoms with Crippen molar-refractivity contribution in [2.24, 2.45) is 0 Å². The van der Waals surface area contributed by atoms with Gasteiger partial charge >= 0.3 is 5.69 Å². The van der Waals surface area contributed by atoms with Crippen LogP contribution in [0.1, 0.15) is 19.2 Å². The Balaban J connectivity index is 1.57. The van der Waals surface area contributed by atoms with Crippen LogP contribution in [-0.4, -0.2) is 30.4 Å². The van der Waals surface area contributed by atoms with Crippen molar-refractivity contribution >= 4 is 11.6 Å². The molecule has 33 heavy (non-hydrogen) atoms. The number of carbonyl (C=O) groups excluding carboxylic acids is 1. The number of hydrogen-bond acceptors (Lipinski definition) is 7. The van der Waals surface area contributed by atoms with E-state index in [1.165, 1.54) is 18.2 Å². The average molecular weight is 450 g/mol. The highest BCUT2D eigenvalue weighted by atomic mass is 19.1. The number of nitrogens with zero attached hydrogens (tertiary/aromatic N) is 5. The molecule has 0 saturated heterocycles. The Hall–Kier alpha value is -4.41. The number of para-hydroxylation sites is 2. The summed E-state index contributed by atoms with van der Waals surface area (Å²) in [5.41, 5.74) is -0.864. The molecule has 2 aromatic carbocycles. The lowest BCUT2D eigenvalue weighted by atomic mass is 10.2. The van der Waals surface area contributed by atoms with Gasteiger partial charge < -0.3 is 9.84 Å². The van der Waals surface area contributed by atoms with E-state index in [4.69, 9.17) is 4.52 Å². The number of hydrogen-bond donors (Lipinski definition) is 1. The quantitative estimate of drug-likeness (QED) is 0.457.